The average Bonchev–Trinajstić information content (AvgIpc) is 3.10. The van der Waals surface area contributed by atoms with E-state index in [9.17, 15) is 0 Å². The van der Waals surface area contributed by atoms with Crippen molar-refractivity contribution in [1.82, 2.24) is 15.0 Å². The molecule has 1 fully saturated rings. The summed E-state index contributed by atoms with van der Waals surface area (Å²) >= 11 is 1.64. The molecule has 25 heavy (non-hydrogen) atoms. The maximum atomic E-state index is 5.39. The van der Waals surface area contributed by atoms with Gasteiger partial charge in [-0.2, -0.15) is 0 Å². The molecule has 0 spiro atoms. The zero-order chi connectivity index (χ0) is 17.1. The van der Waals surface area contributed by atoms with Gasteiger partial charge in [-0.05, 0) is 31.2 Å². The molecule has 0 aromatic carbocycles. The quantitative estimate of drug-likeness (QED) is 0.775. The fourth-order valence-corrected chi connectivity index (χ4v) is 3.43. The number of hydrogen-bond donors (Lipinski definition) is 1. The number of aryl methyl sites for hydroxylation is 1. The van der Waals surface area contributed by atoms with Crippen molar-refractivity contribution in [2.75, 3.05) is 36.5 Å². The summed E-state index contributed by atoms with van der Waals surface area (Å²) in [5.41, 5.74) is 1.99. The molecule has 1 aliphatic heterocycles. The van der Waals surface area contributed by atoms with Gasteiger partial charge in [0.1, 0.15) is 22.3 Å². The number of thiazole rings is 1. The van der Waals surface area contributed by atoms with Crippen LogP contribution in [0.5, 0.6) is 0 Å². The van der Waals surface area contributed by atoms with Crippen LogP contribution >= 0.6 is 11.3 Å². The second kappa shape index (κ2) is 7.16. The summed E-state index contributed by atoms with van der Waals surface area (Å²) in [5, 5.41) is 4.19. The molecule has 4 heterocycles. The molecule has 4 rings (SSSR count). The lowest BCUT2D eigenvalue weighted by Crippen LogP contribution is -2.36. The van der Waals surface area contributed by atoms with E-state index in [1.165, 1.54) is 4.88 Å². The Kier molecular flexibility index (Phi) is 4.58. The molecule has 128 valence electrons. The van der Waals surface area contributed by atoms with Gasteiger partial charge in [0.2, 0.25) is 0 Å². The number of pyridine rings is 2. The lowest BCUT2D eigenvalue weighted by Gasteiger charge is -2.28. The van der Waals surface area contributed by atoms with Crippen molar-refractivity contribution in [3.8, 4) is 10.7 Å². The van der Waals surface area contributed by atoms with Crippen LogP contribution in [0.2, 0.25) is 0 Å². The fourth-order valence-electron chi connectivity index (χ4n) is 2.70. The second-order valence-electron chi connectivity index (χ2n) is 5.81. The molecule has 6 nitrogen and oxygen atoms in total. The topological polar surface area (TPSA) is 63.2 Å². The van der Waals surface area contributed by atoms with Crippen molar-refractivity contribution < 1.29 is 4.74 Å². The van der Waals surface area contributed by atoms with Crippen molar-refractivity contribution in [2.45, 2.75) is 6.92 Å². The standard InChI is InChI=1S/C18H19N5OS/c1-13-11-20-18(25-13)15-3-2-4-17(21-15)22-16-6-5-14(12-19-16)23-7-9-24-10-8-23/h2-6,11-12H,7-10H2,1H3,(H,19,21,22). The number of nitrogens with zero attached hydrogens (tertiary/aromatic N) is 4. The Hall–Kier alpha value is -2.51. The molecule has 1 saturated heterocycles. The lowest BCUT2D eigenvalue weighted by atomic mass is 10.3. The maximum absolute atomic E-state index is 5.39. The predicted octanol–water partition coefficient (Wildman–Crippen LogP) is 3.49. The van der Waals surface area contributed by atoms with E-state index >= 15 is 0 Å². The van der Waals surface area contributed by atoms with E-state index in [2.05, 4.69) is 31.2 Å². The van der Waals surface area contributed by atoms with Gasteiger partial charge in [0.05, 0.1) is 25.1 Å². The molecule has 0 radical (unpaired) electrons. The normalized spacial score (nSPS) is 14.5. The molecule has 0 bridgehead atoms. The molecule has 0 saturated carbocycles. The van der Waals surface area contributed by atoms with Crippen LogP contribution < -0.4 is 10.2 Å². The van der Waals surface area contributed by atoms with Crippen molar-refractivity contribution in [1.29, 1.82) is 0 Å². The van der Waals surface area contributed by atoms with Gasteiger partial charge in [-0.15, -0.1) is 11.3 Å². The molecule has 7 heteroatoms. The Labute approximate surface area is 150 Å². The molecule has 0 amide bonds. The molecule has 0 unspecified atom stereocenters. The fraction of sp³-hybridized carbons (Fsp3) is 0.278. The van der Waals surface area contributed by atoms with Crippen LogP contribution in [0.1, 0.15) is 4.88 Å². The first kappa shape index (κ1) is 16.0. The van der Waals surface area contributed by atoms with Gasteiger partial charge in [0.25, 0.3) is 0 Å². The van der Waals surface area contributed by atoms with Crippen molar-refractivity contribution >= 4 is 28.7 Å². The smallest absolute Gasteiger partial charge is 0.142 e. The number of aromatic nitrogens is 3. The predicted molar refractivity (Wildman–Crippen MR) is 101 cm³/mol. The summed E-state index contributed by atoms with van der Waals surface area (Å²) in [6.07, 6.45) is 3.76. The van der Waals surface area contributed by atoms with E-state index in [4.69, 9.17) is 4.74 Å². The van der Waals surface area contributed by atoms with Crippen LogP contribution in [-0.4, -0.2) is 41.3 Å². The highest BCUT2D eigenvalue weighted by Crippen LogP contribution is 2.25. The number of nitrogens with one attached hydrogen (secondary N) is 1. The van der Waals surface area contributed by atoms with E-state index in [0.29, 0.717) is 0 Å². The molecule has 0 aliphatic carbocycles. The number of anilines is 3. The minimum atomic E-state index is 0.761. The third-order valence-electron chi connectivity index (χ3n) is 3.97. The summed E-state index contributed by atoms with van der Waals surface area (Å²) in [5.74, 6) is 1.54. The zero-order valence-electron chi connectivity index (χ0n) is 14.0. The van der Waals surface area contributed by atoms with Crippen molar-refractivity contribution in [2.24, 2.45) is 0 Å². The van der Waals surface area contributed by atoms with Gasteiger partial charge in [0.15, 0.2) is 0 Å². The summed E-state index contributed by atoms with van der Waals surface area (Å²) in [6.45, 7) is 5.40. The summed E-state index contributed by atoms with van der Waals surface area (Å²) < 4.78 is 5.39. The minimum absolute atomic E-state index is 0.761. The first-order chi connectivity index (χ1) is 12.3. The Morgan fingerprint density at radius 3 is 2.64 bits per heavy atom. The van der Waals surface area contributed by atoms with Crippen LogP contribution in [0, 0.1) is 6.92 Å². The van der Waals surface area contributed by atoms with Gasteiger partial charge in [-0.1, -0.05) is 6.07 Å². The number of hydrogen-bond acceptors (Lipinski definition) is 7. The van der Waals surface area contributed by atoms with Crippen LogP contribution in [0.3, 0.4) is 0 Å². The van der Waals surface area contributed by atoms with Crippen molar-refractivity contribution in [3.63, 3.8) is 0 Å². The van der Waals surface area contributed by atoms with Crippen LogP contribution in [0.15, 0.2) is 42.7 Å². The Morgan fingerprint density at radius 2 is 1.92 bits per heavy atom. The van der Waals surface area contributed by atoms with Crippen LogP contribution in [0.25, 0.3) is 10.7 Å². The van der Waals surface area contributed by atoms with E-state index in [-0.39, 0.29) is 0 Å². The molecule has 3 aromatic rings. The summed E-state index contributed by atoms with van der Waals surface area (Å²) in [6, 6.07) is 9.94. The van der Waals surface area contributed by atoms with Gasteiger partial charge in [0, 0.05) is 24.2 Å². The molecule has 0 atom stereocenters. The lowest BCUT2D eigenvalue weighted by molar-refractivity contribution is 0.122. The van der Waals surface area contributed by atoms with Gasteiger partial charge >= 0.3 is 0 Å². The highest BCUT2D eigenvalue weighted by molar-refractivity contribution is 7.14. The Balaban J connectivity index is 1.48. The first-order valence-corrected chi connectivity index (χ1v) is 9.05. The van der Waals surface area contributed by atoms with E-state index < -0.39 is 0 Å². The van der Waals surface area contributed by atoms with Gasteiger partial charge in [-0.25, -0.2) is 15.0 Å². The summed E-state index contributed by atoms with van der Waals surface area (Å²) in [7, 11) is 0. The second-order valence-corrected chi connectivity index (χ2v) is 7.04. The number of rotatable bonds is 4. The first-order valence-electron chi connectivity index (χ1n) is 8.23. The highest BCUT2D eigenvalue weighted by atomic mass is 32.1. The monoisotopic (exact) mass is 353 g/mol. The van der Waals surface area contributed by atoms with E-state index in [1.54, 1.807) is 11.3 Å². The number of ether oxygens (including phenoxy) is 1. The van der Waals surface area contributed by atoms with Crippen LogP contribution in [-0.2, 0) is 4.74 Å². The largest absolute Gasteiger partial charge is 0.378 e. The summed E-state index contributed by atoms with van der Waals surface area (Å²) in [4.78, 5) is 17.0. The van der Waals surface area contributed by atoms with E-state index in [0.717, 1.165) is 54.3 Å². The Morgan fingerprint density at radius 1 is 1.04 bits per heavy atom. The van der Waals surface area contributed by atoms with Crippen molar-refractivity contribution in [3.05, 3.63) is 47.6 Å². The Bertz CT molecular complexity index is 843. The van der Waals surface area contributed by atoms with Gasteiger partial charge < -0.3 is 15.0 Å². The highest BCUT2D eigenvalue weighted by Gasteiger charge is 2.11. The maximum Gasteiger partial charge on any atom is 0.142 e. The number of morpholine rings is 1. The average molecular weight is 353 g/mol. The third kappa shape index (κ3) is 3.78. The SMILES string of the molecule is Cc1cnc(-c2cccc(Nc3ccc(N4CCOCC4)cn3)n2)s1. The molecular formula is C18H19N5OS. The minimum Gasteiger partial charge on any atom is -0.378 e. The molecular weight excluding hydrogens is 334 g/mol. The third-order valence-corrected chi connectivity index (χ3v) is 4.91. The molecule has 3 aromatic heterocycles. The zero-order valence-corrected chi connectivity index (χ0v) is 14.8. The van der Waals surface area contributed by atoms with E-state index in [1.807, 2.05) is 43.6 Å². The van der Waals surface area contributed by atoms with Gasteiger partial charge in [-0.3, -0.25) is 0 Å². The van der Waals surface area contributed by atoms with Crippen LogP contribution in [0.4, 0.5) is 17.3 Å². The molecule has 1 N–H and O–H groups in total. The molecule has 1 aliphatic rings.